The Bertz CT molecular complexity index is 927. The Kier molecular flexibility index (Phi) is 7.67. The third-order valence-corrected chi connectivity index (χ3v) is 5.21. The van der Waals surface area contributed by atoms with Gasteiger partial charge >= 0.3 is 0 Å². The van der Waals surface area contributed by atoms with E-state index in [1.54, 1.807) is 7.11 Å². The van der Waals surface area contributed by atoms with Gasteiger partial charge in [0.05, 0.1) is 11.6 Å². The molecular weight excluding hydrogens is 433 g/mol. The highest BCUT2D eigenvalue weighted by Crippen LogP contribution is 2.37. The lowest BCUT2D eigenvalue weighted by molar-refractivity contribution is 0.282. The highest BCUT2D eigenvalue weighted by molar-refractivity contribution is 9.10. The van der Waals surface area contributed by atoms with Crippen LogP contribution in [-0.4, -0.2) is 13.7 Å². The second-order valence-electron chi connectivity index (χ2n) is 6.94. The SMILES string of the molecule is COc1cc(CNCCc2ccc(F)cc2)cc(Br)c1OCc1ccc(C)cc1. The van der Waals surface area contributed by atoms with Gasteiger partial charge in [-0.3, -0.25) is 0 Å². The largest absolute Gasteiger partial charge is 0.493 e. The molecule has 0 bridgehead atoms. The first-order valence-electron chi connectivity index (χ1n) is 9.55. The van der Waals surface area contributed by atoms with E-state index in [0.717, 1.165) is 34.1 Å². The zero-order valence-corrected chi connectivity index (χ0v) is 18.3. The van der Waals surface area contributed by atoms with Crippen molar-refractivity contribution in [2.45, 2.75) is 26.5 Å². The topological polar surface area (TPSA) is 30.5 Å². The molecule has 0 heterocycles. The van der Waals surface area contributed by atoms with Crippen LogP contribution in [0.15, 0.2) is 65.1 Å². The highest BCUT2D eigenvalue weighted by Gasteiger charge is 2.12. The van der Waals surface area contributed by atoms with Crippen LogP contribution in [0.4, 0.5) is 4.39 Å². The zero-order chi connectivity index (χ0) is 20.6. The number of aryl methyl sites for hydroxylation is 1. The molecule has 0 saturated heterocycles. The van der Waals surface area contributed by atoms with Crippen molar-refractivity contribution >= 4 is 15.9 Å². The highest BCUT2D eigenvalue weighted by atomic mass is 79.9. The van der Waals surface area contributed by atoms with Gasteiger partial charge in [0, 0.05) is 6.54 Å². The molecule has 3 rings (SSSR count). The maximum atomic E-state index is 13.0. The number of halogens is 2. The average molecular weight is 458 g/mol. The summed E-state index contributed by atoms with van der Waals surface area (Å²) in [6.07, 6.45) is 0.844. The molecule has 3 nitrogen and oxygen atoms in total. The van der Waals surface area contributed by atoms with Gasteiger partial charge in [0.1, 0.15) is 12.4 Å². The molecule has 0 atom stereocenters. The summed E-state index contributed by atoms with van der Waals surface area (Å²) in [4.78, 5) is 0. The van der Waals surface area contributed by atoms with Gasteiger partial charge in [-0.2, -0.15) is 0 Å². The van der Waals surface area contributed by atoms with Gasteiger partial charge in [-0.05, 0) is 76.8 Å². The minimum atomic E-state index is -0.205. The second kappa shape index (κ2) is 10.4. The fourth-order valence-electron chi connectivity index (χ4n) is 2.97. The molecule has 152 valence electrons. The van der Waals surface area contributed by atoms with Crippen molar-refractivity contribution in [1.29, 1.82) is 0 Å². The Hall–Kier alpha value is -2.37. The van der Waals surface area contributed by atoms with E-state index in [9.17, 15) is 4.39 Å². The van der Waals surface area contributed by atoms with E-state index in [0.29, 0.717) is 24.7 Å². The van der Waals surface area contributed by atoms with Gasteiger partial charge in [-0.25, -0.2) is 4.39 Å². The van der Waals surface area contributed by atoms with Gasteiger partial charge in [0.25, 0.3) is 0 Å². The van der Waals surface area contributed by atoms with Crippen molar-refractivity contribution in [3.8, 4) is 11.5 Å². The molecule has 3 aromatic carbocycles. The van der Waals surface area contributed by atoms with E-state index in [-0.39, 0.29) is 5.82 Å². The third kappa shape index (κ3) is 6.31. The first kappa shape index (κ1) is 21.3. The summed E-state index contributed by atoms with van der Waals surface area (Å²) in [6, 6.07) is 18.9. The summed E-state index contributed by atoms with van der Waals surface area (Å²) in [5, 5.41) is 3.41. The minimum Gasteiger partial charge on any atom is -0.493 e. The number of nitrogens with one attached hydrogen (secondary N) is 1. The predicted octanol–water partition coefficient (Wildman–Crippen LogP) is 5.82. The zero-order valence-electron chi connectivity index (χ0n) is 16.7. The van der Waals surface area contributed by atoms with Gasteiger partial charge < -0.3 is 14.8 Å². The smallest absolute Gasteiger partial charge is 0.175 e. The molecule has 5 heteroatoms. The Morgan fingerprint density at radius 3 is 2.31 bits per heavy atom. The minimum absolute atomic E-state index is 0.205. The number of benzene rings is 3. The van der Waals surface area contributed by atoms with Gasteiger partial charge in [-0.1, -0.05) is 42.0 Å². The predicted molar refractivity (Wildman–Crippen MR) is 118 cm³/mol. The average Bonchev–Trinajstić information content (AvgIpc) is 2.72. The van der Waals surface area contributed by atoms with Crippen LogP contribution < -0.4 is 14.8 Å². The van der Waals surface area contributed by atoms with Crippen molar-refractivity contribution in [3.05, 3.63) is 93.2 Å². The Morgan fingerprint density at radius 1 is 0.931 bits per heavy atom. The van der Waals surface area contributed by atoms with Crippen LogP contribution in [0.2, 0.25) is 0 Å². The fraction of sp³-hybridized carbons (Fsp3) is 0.250. The molecule has 0 aliphatic rings. The van der Waals surface area contributed by atoms with Gasteiger partial charge in [-0.15, -0.1) is 0 Å². The molecule has 29 heavy (non-hydrogen) atoms. The molecule has 0 fully saturated rings. The van der Waals surface area contributed by atoms with E-state index in [2.05, 4.69) is 52.4 Å². The number of hydrogen-bond donors (Lipinski definition) is 1. The first-order valence-corrected chi connectivity index (χ1v) is 10.3. The van der Waals surface area contributed by atoms with Crippen LogP contribution in [0.25, 0.3) is 0 Å². The molecule has 0 radical (unpaired) electrons. The van der Waals surface area contributed by atoms with E-state index in [1.807, 2.05) is 24.3 Å². The molecule has 0 aromatic heterocycles. The Labute approximate surface area is 180 Å². The van der Waals surface area contributed by atoms with Crippen LogP contribution in [0.5, 0.6) is 11.5 Å². The molecule has 0 saturated carbocycles. The molecular formula is C24H25BrFNO2. The number of rotatable bonds is 9. The van der Waals surface area contributed by atoms with Crippen molar-refractivity contribution in [2.24, 2.45) is 0 Å². The van der Waals surface area contributed by atoms with Crippen molar-refractivity contribution < 1.29 is 13.9 Å². The summed E-state index contributed by atoms with van der Waals surface area (Å²) in [7, 11) is 1.65. The second-order valence-corrected chi connectivity index (χ2v) is 7.79. The summed E-state index contributed by atoms with van der Waals surface area (Å²) < 4.78 is 25.4. The van der Waals surface area contributed by atoms with E-state index >= 15 is 0 Å². The van der Waals surface area contributed by atoms with E-state index < -0.39 is 0 Å². The first-order chi connectivity index (χ1) is 14.0. The van der Waals surface area contributed by atoms with E-state index in [4.69, 9.17) is 9.47 Å². The van der Waals surface area contributed by atoms with Gasteiger partial charge in [0.15, 0.2) is 11.5 Å². The van der Waals surface area contributed by atoms with Crippen LogP contribution in [0.3, 0.4) is 0 Å². The number of methoxy groups -OCH3 is 1. The normalized spacial score (nSPS) is 10.8. The molecule has 0 unspecified atom stereocenters. The fourth-order valence-corrected chi connectivity index (χ4v) is 3.58. The maximum Gasteiger partial charge on any atom is 0.175 e. The van der Waals surface area contributed by atoms with Crippen molar-refractivity contribution in [3.63, 3.8) is 0 Å². The van der Waals surface area contributed by atoms with Crippen molar-refractivity contribution in [1.82, 2.24) is 5.32 Å². The van der Waals surface area contributed by atoms with Crippen LogP contribution >= 0.6 is 15.9 Å². The summed E-state index contributed by atoms with van der Waals surface area (Å²) in [5.41, 5.74) is 4.54. The quantitative estimate of drug-likeness (QED) is 0.410. The molecule has 1 N–H and O–H groups in total. The summed E-state index contributed by atoms with van der Waals surface area (Å²) >= 11 is 3.61. The summed E-state index contributed by atoms with van der Waals surface area (Å²) in [6.45, 7) is 4.05. The molecule has 0 aliphatic carbocycles. The molecule has 0 spiro atoms. The summed E-state index contributed by atoms with van der Waals surface area (Å²) in [5.74, 6) is 1.19. The van der Waals surface area contributed by atoms with Crippen LogP contribution in [0, 0.1) is 12.7 Å². The number of ether oxygens (including phenoxy) is 2. The van der Waals surface area contributed by atoms with Gasteiger partial charge in [0.2, 0.25) is 0 Å². The van der Waals surface area contributed by atoms with Crippen LogP contribution in [-0.2, 0) is 19.6 Å². The molecule has 3 aromatic rings. The third-order valence-electron chi connectivity index (χ3n) is 4.63. The lowest BCUT2D eigenvalue weighted by Gasteiger charge is -2.15. The Morgan fingerprint density at radius 2 is 1.62 bits per heavy atom. The Balaban J connectivity index is 1.57. The molecule has 0 amide bonds. The molecule has 0 aliphatic heterocycles. The lowest BCUT2D eigenvalue weighted by Crippen LogP contribution is -2.16. The van der Waals surface area contributed by atoms with E-state index in [1.165, 1.54) is 17.7 Å². The number of hydrogen-bond acceptors (Lipinski definition) is 3. The standard InChI is InChI=1S/C24H25BrFNO2/c1-17-3-5-19(6-4-17)16-29-24-22(25)13-20(14-23(24)28-2)15-27-12-11-18-7-9-21(26)10-8-18/h3-10,13-14,27H,11-12,15-16H2,1-2H3. The lowest BCUT2D eigenvalue weighted by atomic mass is 10.1. The van der Waals surface area contributed by atoms with Crippen molar-refractivity contribution in [2.75, 3.05) is 13.7 Å². The maximum absolute atomic E-state index is 13.0. The monoisotopic (exact) mass is 457 g/mol. The van der Waals surface area contributed by atoms with Crippen LogP contribution in [0.1, 0.15) is 22.3 Å².